The van der Waals surface area contributed by atoms with Gasteiger partial charge in [0.1, 0.15) is 0 Å². The van der Waals surface area contributed by atoms with Crippen LogP contribution in [0.5, 0.6) is 0 Å². The number of hydrogen-bond donors (Lipinski definition) is 2. The Labute approximate surface area is 185 Å². The fraction of sp³-hybridized carbons (Fsp3) is 0.238. The minimum Gasteiger partial charge on any atom is -0.301 e. The molecule has 2 N–H and O–H groups in total. The SMILES string of the molecule is CCCc1cc(=O)[nH]c(SC(CNS(=O)(=O)c2ccc(Cl)cc2)c2ccccc2)n1. The highest BCUT2D eigenvalue weighted by Gasteiger charge is 2.20. The van der Waals surface area contributed by atoms with Gasteiger partial charge < -0.3 is 4.98 Å². The summed E-state index contributed by atoms with van der Waals surface area (Å²) in [5.74, 6) is 0. The molecule has 0 radical (unpaired) electrons. The van der Waals surface area contributed by atoms with Crippen molar-refractivity contribution in [2.45, 2.75) is 35.1 Å². The van der Waals surface area contributed by atoms with Gasteiger partial charge in [0.2, 0.25) is 10.0 Å². The van der Waals surface area contributed by atoms with Gasteiger partial charge in [-0.15, -0.1) is 0 Å². The van der Waals surface area contributed by atoms with E-state index in [1.165, 1.54) is 42.1 Å². The van der Waals surface area contributed by atoms with E-state index in [9.17, 15) is 13.2 Å². The summed E-state index contributed by atoms with van der Waals surface area (Å²) in [6.45, 7) is 2.15. The lowest BCUT2D eigenvalue weighted by molar-refractivity contribution is 0.581. The summed E-state index contributed by atoms with van der Waals surface area (Å²) in [6, 6.07) is 17.0. The smallest absolute Gasteiger partial charge is 0.251 e. The second kappa shape index (κ2) is 10.3. The van der Waals surface area contributed by atoms with E-state index in [2.05, 4.69) is 14.7 Å². The number of nitrogens with one attached hydrogen (secondary N) is 2. The largest absolute Gasteiger partial charge is 0.301 e. The first kappa shape index (κ1) is 22.6. The van der Waals surface area contributed by atoms with Crippen LogP contribution in [0.3, 0.4) is 0 Å². The van der Waals surface area contributed by atoms with Crippen LogP contribution in [0.25, 0.3) is 0 Å². The molecule has 0 aliphatic heterocycles. The minimum atomic E-state index is -3.71. The topological polar surface area (TPSA) is 91.9 Å². The number of benzene rings is 2. The lowest BCUT2D eigenvalue weighted by Gasteiger charge is -2.17. The number of aromatic amines is 1. The van der Waals surface area contributed by atoms with E-state index >= 15 is 0 Å². The first-order chi connectivity index (χ1) is 14.4. The van der Waals surface area contributed by atoms with Crippen molar-refractivity contribution in [2.24, 2.45) is 0 Å². The van der Waals surface area contributed by atoms with E-state index < -0.39 is 10.0 Å². The maximum Gasteiger partial charge on any atom is 0.251 e. The van der Waals surface area contributed by atoms with Crippen molar-refractivity contribution in [3.05, 3.63) is 87.3 Å². The van der Waals surface area contributed by atoms with Crippen molar-refractivity contribution in [1.82, 2.24) is 14.7 Å². The van der Waals surface area contributed by atoms with Crippen molar-refractivity contribution < 1.29 is 8.42 Å². The number of sulfonamides is 1. The molecule has 3 rings (SSSR count). The second-order valence-corrected chi connectivity index (χ2v) is 10.0. The van der Waals surface area contributed by atoms with Gasteiger partial charge >= 0.3 is 0 Å². The highest BCUT2D eigenvalue weighted by atomic mass is 35.5. The predicted octanol–water partition coefficient (Wildman–Crippen LogP) is 4.19. The molecule has 3 aromatic rings. The highest BCUT2D eigenvalue weighted by molar-refractivity contribution is 7.99. The zero-order valence-corrected chi connectivity index (χ0v) is 18.7. The van der Waals surface area contributed by atoms with Crippen LogP contribution in [0, 0.1) is 0 Å². The Morgan fingerprint density at radius 1 is 1.13 bits per heavy atom. The second-order valence-electron chi connectivity index (χ2n) is 6.61. The quantitative estimate of drug-likeness (QED) is 0.366. The number of rotatable bonds is 9. The molecule has 30 heavy (non-hydrogen) atoms. The number of aromatic nitrogens is 2. The molecule has 1 unspecified atom stereocenters. The Morgan fingerprint density at radius 3 is 2.50 bits per heavy atom. The summed E-state index contributed by atoms with van der Waals surface area (Å²) in [5.41, 5.74) is 1.42. The number of thioether (sulfide) groups is 1. The fourth-order valence-corrected chi connectivity index (χ4v) is 5.17. The van der Waals surface area contributed by atoms with Crippen molar-refractivity contribution >= 4 is 33.4 Å². The minimum absolute atomic E-state index is 0.126. The first-order valence-corrected chi connectivity index (χ1v) is 12.2. The van der Waals surface area contributed by atoms with E-state index in [0.29, 0.717) is 16.6 Å². The van der Waals surface area contributed by atoms with Crippen molar-refractivity contribution in [3.8, 4) is 0 Å². The molecule has 158 valence electrons. The summed E-state index contributed by atoms with van der Waals surface area (Å²) >= 11 is 7.17. The molecule has 0 spiro atoms. The number of nitrogens with zero attached hydrogens (tertiary/aromatic N) is 1. The summed E-state index contributed by atoms with van der Waals surface area (Å²) in [7, 11) is -3.71. The fourth-order valence-electron chi connectivity index (χ4n) is 2.84. The molecule has 1 heterocycles. The molecule has 9 heteroatoms. The third-order valence-corrected chi connectivity index (χ3v) is 7.12. The number of halogens is 1. The number of aryl methyl sites for hydroxylation is 1. The van der Waals surface area contributed by atoms with Crippen LogP contribution in [0.1, 0.15) is 29.9 Å². The Hall–Kier alpha value is -2.13. The van der Waals surface area contributed by atoms with Gasteiger partial charge in [0, 0.05) is 23.3 Å². The average molecular weight is 464 g/mol. The standard InChI is InChI=1S/C21H22ClN3O3S2/c1-2-6-17-13-20(26)25-21(24-17)29-19(15-7-4-3-5-8-15)14-23-30(27,28)18-11-9-16(22)10-12-18/h3-5,7-13,19,23H,2,6,14H2,1H3,(H,24,25,26). The molecule has 1 aromatic heterocycles. The highest BCUT2D eigenvalue weighted by Crippen LogP contribution is 2.32. The molecule has 0 fully saturated rings. The zero-order chi connectivity index (χ0) is 21.6. The third-order valence-electron chi connectivity index (χ3n) is 4.29. The van der Waals surface area contributed by atoms with Crippen LogP contribution in [0.2, 0.25) is 5.02 Å². The van der Waals surface area contributed by atoms with Crippen molar-refractivity contribution in [1.29, 1.82) is 0 Å². The van der Waals surface area contributed by atoms with Gasteiger partial charge in [-0.05, 0) is 36.2 Å². The predicted molar refractivity (Wildman–Crippen MR) is 121 cm³/mol. The first-order valence-electron chi connectivity index (χ1n) is 9.44. The Bertz CT molecular complexity index is 1130. The lowest BCUT2D eigenvalue weighted by Crippen LogP contribution is -2.28. The zero-order valence-electron chi connectivity index (χ0n) is 16.3. The van der Waals surface area contributed by atoms with Crippen LogP contribution < -0.4 is 10.3 Å². The molecular formula is C21H22ClN3O3S2. The monoisotopic (exact) mass is 463 g/mol. The molecule has 0 amide bonds. The maximum absolute atomic E-state index is 12.7. The van der Waals surface area contributed by atoms with Crippen LogP contribution in [-0.2, 0) is 16.4 Å². The third kappa shape index (κ3) is 6.18. The Balaban J connectivity index is 1.83. The van der Waals surface area contributed by atoms with Gasteiger partial charge in [-0.3, -0.25) is 4.79 Å². The van der Waals surface area contributed by atoms with Gasteiger partial charge in [-0.1, -0.05) is 67.0 Å². The van der Waals surface area contributed by atoms with E-state index in [1.54, 1.807) is 0 Å². The van der Waals surface area contributed by atoms with E-state index in [1.807, 2.05) is 37.3 Å². The number of hydrogen-bond acceptors (Lipinski definition) is 5. The summed E-state index contributed by atoms with van der Waals surface area (Å²) in [6.07, 6.45) is 1.58. The van der Waals surface area contributed by atoms with E-state index in [0.717, 1.165) is 17.7 Å². The summed E-state index contributed by atoms with van der Waals surface area (Å²) in [4.78, 5) is 19.4. The average Bonchev–Trinajstić information content (AvgIpc) is 2.72. The van der Waals surface area contributed by atoms with Crippen LogP contribution in [0.4, 0.5) is 0 Å². The van der Waals surface area contributed by atoms with Gasteiger partial charge in [0.25, 0.3) is 5.56 Å². The molecule has 0 saturated carbocycles. The van der Waals surface area contributed by atoms with Gasteiger partial charge in [-0.2, -0.15) is 0 Å². The molecule has 0 bridgehead atoms. The van der Waals surface area contributed by atoms with E-state index in [-0.39, 0.29) is 22.2 Å². The van der Waals surface area contributed by atoms with Gasteiger partial charge in [-0.25, -0.2) is 18.1 Å². The van der Waals surface area contributed by atoms with Crippen LogP contribution in [0.15, 0.2) is 75.5 Å². The summed E-state index contributed by atoms with van der Waals surface area (Å²) < 4.78 is 28.0. The Kier molecular flexibility index (Phi) is 7.71. The molecule has 0 aliphatic carbocycles. The maximum atomic E-state index is 12.7. The Morgan fingerprint density at radius 2 is 1.83 bits per heavy atom. The van der Waals surface area contributed by atoms with Gasteiger partial charge in [0.15, 0.2) is 5.16 Å². The molecule has 6 nitrogen and oxygen atoms in total. The molecule has 0 aliphatic rings. The number of H-pyrrole nitrogens is 1. The molecule has 2 aromatic carbocycles. The lowest BCUT2D eigenvalue weighted by atomic mass is 10.1. The summed E-state index contributed by atoms with van der Waals surface area (Å²) in [5, 5.41) is 0.646. The van der Waals surface area contributed by atoms with E-state index in [4.69, 9.17) is 11.6 Å². The van der Waals surface area contributed by atoms with Crippen LogP contribution in [-0.4, -0.2) is 24.9 Å². The molecular weight excluding hydrogens is 442 g/mol. The van der Waals surface area contributed by atoms with Crippen molar-refractivity contribution in [3.63, 3.8) is 0 Å². The normalized spacial score (nSPS) is 12.6. The molecule has 1 atom stereocenters. The van der Waals surface area contributed by atoms with Crippen LogP contribution >= 0.6 is 23.4 Å². The van der Waals surface area contributed by atoms with Gasteiger partial charge in [0.05, 0.1) is 10.1 Å². The molecule has 0 saturated heterocycles. The van der Waals surface area contributed by atoms with Crippen molar-refractivity contribution in [2.75, 3.05) is 6.54 Å².